The SMILES string of the molecule is CCOC(=O)C1CCN(C(=O)CCN(C(=O)Nc2ccc(C(C)C)cc2)C(C)c2ccccc2)CC1. The lowest BCUT2D eigenvalue weighted by atomic mass is 9.97. The molecule has 1 saturated heterocycles. The Labute approximate surface area is 214 Å². The van der Waals surface area contributed by atoms with Crippen LogP contribution < -0.4 is 5.32 Å². The fourth-order valence-corrected chi connectivity index (χ4v) is 4.53. The number of esters is 1. The first-order valence-corrected chi connectivity index (χ1v) is 13.0. The first-order chi connectivity index (χ1) is 17.3. The highest BCUT2D eigenvalue weighted by Crippen LogP contribution is 2.24. The minimum atomic E-state index is -0.238. The number of amides is 3. The number of carbonyl (C=O) groups is 3. The smallest absolute Gasteiger partial charge is 0.322 e. The molecule has 0 radical (unpaired) electrons. The van der Waals surface area contributed by atoms with Crippen molar-refractivity contribution in [2.75, 3.05) is 31.6 Å². The van der Waals surface area contributed by atoms with Crippen molar-refractivity contribution >= 4 is 23.6 Å². The van der Waals surface area contributed by atoms with Crippen molar-refractivity contribution in [3.05, 3.63) is 65.7 Å². The first-order valence-electron chi connectivity index (χ1n) is 13.0. The molecular weight excluding hydrogens is 454 g/mol. The molecule has 1 N–H and O–H groups in total. The summed E-state index contributed by atoms with van der Waals surface area (Å²) in [5.41, 5.74) is 2.94. The van der Waals surface area contributed by atoms with E-state index in [1.54, 1.807) is 16.7 Å². The first kappa shape index (κ1) is 27.2. The molecule has 1 unspecified atom stereocenters. The minimum Gasteiger partial charge on any atom is -0.466 e. The third kappa shape index (κ3) is 7.33. The van der Waals surface area contributed by atoms with Crippen LogP contribution in [0.25, 0.3) is 0 Å². The van der Waals surface area contributed by atoms with Crippen LogP contribution in [0.5, 0.6) is 0 Å². The summed E-state index contributed by atoms with van der Waals surface area (Å²) in [4.78, 5) is 41.9. The second kappa shape index (κ2) is 13.1. The zero-order valence-electron chi connectivity index (χ0n) is 21.9. The van der Waals surface area contributed by atoms with Gasteiger partial charge in [-0.15, -0.1) is 0 Å². The lowest BCUT2D eigenvalue weighted by Gasteiger charge is -2.33. The molecular formula is C29H39N3O4. The summed E-state index contributed by atoms with van der Waals surface area (Å²) in [6.07, 6.45) is 1.45. The lowest BCUT2D eigenvalue weighted by Crippen LogP contribution is -2.43. The molecule has 0 saturated carbocycles. The van der Waals surface area contributed by atoms with Gasteiger partial charge in [0.25, 0.3) is 0 Å². The second-order valence-electron chi connectivity index (χ2n) is 9.64. The van der Waals surface area contributed by atoms with Gasteiger partial charge in [0.1, 0.15) is 0 Å². The summed E-state index contributed by atoms with van der Waals surface area (Å²) in [6.45, 7) is 9.78. The van der Waals surface area contributed by atoms with E-state index in [2.05, 4.69) is 19.2 Å². The van der Waals surface area contributed by atoms with Gasteiger partial charge in [-0.3, -0.25) is 9.59 Å². The number of hydrogen-bond donors (Lipinski definition) is 1. The van der Waals surface area contributed by atoms with Gasteiger partial charge in [-0.1, -0.05) is 56.3 Å². The molecule has 0 bridgehead atoms. The van der Waals surface area contributed by atoms with Gasteiger partial charge in [0.05, 0.1) is 18.6 Å². The molecule has 0 aliphatic carbocycles. The molecule has 0 spiro atoms. The van der Waals surface area contributed by atoms with Crippen molar-refractivity contribution in [3.63, 3.8) is 0 Å². The average molecular weight is 494 g/mol. The maximum absolute atomic E-state index is 13.4. The fourth-order valence-electron chi connectivity index (χ4n) is 4.53. The maximum atomic E-state index is 13.4. The standard InChI is InChI=1S/C29H39N3O4/c1-5-36-28(34)25-15-18-31(19-16-25)27(33)17-20-32(22(4)24-9-7-6-8-10-24)29(35)30-26-13-11-23(12-14-26)21(2)3/h6-14,21-22,25H,5,15-20H2,1-4H3,(H,30,35). The van der Waals surface area contributed by atoms with E-state index < -0.39 is 0 Å². The van der Waals surface area contributed by atoms with Crippen LogP contribution >= 0.6 is 0 Å². The van der Waals surface area contributed by atoms with E-state index in [4.69, 9.17) is 4.74 Å². The molecule has 7 heteroatoms. The van der Waals surface area contributed by atoms with Crippen molar-refractivity contribution in [1.29, 1.82) is 0 Å². The van der Waals surface area contributed by atoms with E-state index in [-0.39, 0.29) is 36.3 Å². The summed E-state index contributed by atoms with van der Waals surface area (Å²) in [7, 11) is 0. The van der Waals surface area contributed by atoms with Crippen LogP contribution in [0.1, 0.15) is 70.0 Å². The largest absolute Gasteiger partial charge is 0.466 e. The third-order valence-electron chi connectivity index (χ3n) is 6.87. The number of benzene rings is 2. The van der Waals surface area contributed by atoms with Gasteiger partial charge >= 0.3 is 12.0 Å². The van der Waals surface area contributed by atoms with Crippen LogP contribution in [-0.2, 0) is 14.3 Å². The zero-order chi connectivity index (χ0) is 26.1. The summed E-state index contributed by atoms with van der Waals surface area (Å²) < 4.78 is 5.12. The van der Waals surface area contributed by atoms with E-state index in [0.29, 0.717) is 45.0 Å². The number of rotatable bonds is 9. The monoisotopic (exact) mass is 493 g/mol. The van der Waals surface area contributed by atoms with E-state index in [0.717, 1.165) is 11.3 Å². The van der Waals surface area contributed by atoms with Crippen LogP contribution in [0.2, 0.25) is 0 Å². The molecule has 7 nitrogen and oxygen atoms in total. The number of ether oxygens (including phenoxy) is 1. The summed E-state index contributed by atoms with van der Waals surface area (Å²) in [5.74, 6) is 0.0939. The quantitative estimate of drug-likeness (QED) is 0.462. The van der Waals surface area contributed by atoms with Crippen molar-refractivity contribution in [3.8, 4) is 0 Å². The number of urea groups is 1. The van der Waals surface area contributed by atoms with Crippen LogP contribution in [0.4, 0.5) is 10.5 Å². The molecule has 0 aromatic heterocycles. The Morgan fingerprint density at radius 1 is 0.972 bits per heavy atom. The summed E-state index contributed by atoms with van der Waals surface area (Å²) in [5, 5.41) is 3.00. The summed E-state index contributed by atoms with van der Waals surface area (Å²) >= 11 is 0. The van der Waals surface area contributed by atoms with Crippen LogP contribution in [0, 0.1) is 5.92 Å². The number of nitrogens with one attached hydrogen (secondary N) is 1. The Morgan fingerprint density at radius 3 is 2.19 bits per heavy atom. The Balaban J connectivity index is 1.64. The summed E-state index contributed by atoms with van der Waals surface area (Å²) in [6, 6.07) is 17.3. The zero-order valence-corrected chi connectivity index (χ0v) is 21.9. The molecule has 2 aromatic rings. The molecule has 36 heavy (non-hydrogen) atoms. The normalized spacial score (nSPS) is 14.9. The number of likely N-dealkylation sites (tertiary alicyclic amines) is 1. The van der Waals surface area contributed by atoms with Crippen LogP contribution in [0.3, 0.4) is 0 Å². The van der Waals surface area contributed by atoms with Gasteiger partial charge in [-0.2, -0.15) is 0 Å². The molecule has 1 aliphatic rings. The molecule has 2 aromatic carbocycles. The van der Waals surface area contributed by atoms with E-state index in [9.17, 15) is 14.4 Å². The van der Waals surface area contributed by atoms with Crippen LogP contribution in [-0.4, -0.2) is 53.9 Å². The average Bonchev–Trinajstić information content (AvgIpc) is 2.89. The van der Waals surface area contributed by atoms with Gasteiger partial charge in [0.2, 0.25) is 5.91 Å². The number of hydrogen-bond acceptors (Lipinski definition) is 4. The molecule has 3 amide bonds. The predicted octanol–water partition coefficient (Wildman–Crippen LogP) is 5.60. The highest BCUT2D eigenvalue weighted by atomic mass is 16.5. The molecule has 1 atom stereocenters. The molecule has 1 aliphatic heterocycles. The Bertz CT molecular complexity index is 999. The fraction of sp³-hybridized carbons (Fsp3) is 0.483. The van der Waals surface area contributed by atoms with E-state index in [1.807, 2.05) is 61.5 Å². The second-order valence-corrected chi connectivity index (χ2v) is 9.64. The maximum Gasteiger partial charge on any atom is 0.322 e. The lowest BCUT2D eigenvalue weighted by molar-refractivity contribution is -0.151. The molecule has 1 heterocycles. The van der Waals surface area contributed by atoms with Gasteiger partial charge in [-0.05, 0) is 55.9 Å². The highest BCUT2D eigenvalue weighted by molar-refractivity contribution is 5.90. The predicted molar refractivity (Wildman–Crippen MR) is 142 cm³/mol. The van der Waals surface area contributed by atoms with Crippen molar-refractivity contribution in [2.24, 2.45) is 5.92 Å². The van der Waals surface area contributed by atoms with Crippen molar-refractivity contribution < 1.29 is 19.1 Å². The number of nitrogens with zero attached hydrogens (tertiary/aromatic N) is 2. The highest BCUT2D eigenvalue weighted by Gasteiger charge is 2.29. The number of piperidine rings is 1. The van der Waals surface area contributed by atoms with E-state index >= 15 is 0 Å². The van der Waals surface area contributed by atoms with Gasteiger partial charge in [0, 0.05) is 31.7 Å². The van der Waals surface area contributed by atoms with Gasteiger partial charge in [0.15, 0.2) is 0 Å². The molecule has 3 rings (SSSR count). The third-order valence-corrected chi connectivity index (χ3v) is 6.87. The van der Waals surface area contributed by atoms with Crippen LogP contribution in [0.15, 0.2) is 54.6 Å². The molecule has 194 valence electrons. The number of carbonyl (C=O) groups excluding carboxylic acids is 3. The Kier molecular flexibility index (Phi) is 9.91. The molecule has 1 fully saturated rings. The van der Waals surface area contributed by atoms with Gasteiger partial charge in [-0.25, -0.2) is 4.79 Å². The topological polar surface area (TPSA) is 79.0 Å². The Hall–Kier alpha value is -3.35. The van der Waals surface area contributed by atoms with E-state index in [1.165, 1.54) is 5.56 Å². The van der Waals surface area contributed by atoms with Gasteiger partial charge < -0.3 is 19.9 Å². The van der Waals surface area contributed by atoms with Crippen molar-refractivity contribution in [2.45, 2.75) is 58.9 Å². The minimum absolute atomic E-state index is 0.00310. The number of anilines is 1. The Morgan fingerprint density at radius 2 is 1.61 bits per heavy atom. The van der Waals surface area contributed by atoms with Crippen molar-refractivity contribution in [1.82, 2.24) is 9.80 Å².